The highest BCUT2D eigenvalue weighted by Gasteiger charge is 2.32. The summed E-state index contributed by atoms with van der Waals surface area (Å²) in [5, 5.41) is 34.6. The van der Waals surface area contributed by atoms with Crippen molar-refractivity contribution in [2.24, 2.45) is 0 Å². The smallest absolute Gasteiger partial charge is 0.273 e. The van der Waals surface area contributed by atoms with Crippen LogP contribution in [0, 0.1) is 11.3 Å². The summed E-state index contributed by atoms with van der Waals surface area (Å²) in [4.78, 5) is 18.7. The van der Waals surface area contributed by atoms with E-state index in [1.165, 1.54) is 0 Å². The molecule has 3 N–H and O–H groups in total. The number of amides is 1. The van der Waals surface area contributed by atoms with Gasteiger partial charge in [-0.1, -0.05) is 37.6 Å². The third-order valence-electron chi connectivity index (χ3n) is 6.76. The van der Waals surface area contributed by atoms with Gasteiger partial charge in [-0.3, -0.25) is 4.79 Å². The molecule has 1 heterocycles. The van der Waals surface area contributed by atoms with E-state index in [0.29, 0.717) is 46.1 Å². The van der Waals surface area contributed by atoms with Crippen molar-refractivity contribution in [2.45, 2.75) is 42.9 Å². The Morgan fingerprint density at radius 2 is 1.80 bits per heavy atom. The summed E-state index contributed by atoms with van der Waals surface area (Å²) < 4.78 is 13.8. The van der Waals surface area contributed by atoms with E-state index in [9.17, 15) is 24.8 Å². The Bertz CT molecular complexity index is 1580. The second-order valence-corrected chi connectivity index (χ2v) is 10.8. The van der Waals surface area contributed by atoms with Gasteiger partial charge < -0.3 is 25.0 Å². The van der Waals surface area contributed by atoms with Crippen LogP contribution in [0.4, 0.5) is 11.4 Å². The van der Waals surface area contributed by atoms with Gasteiger partial charge in [0.1, 0.15) is 5.69 Å². The summed E-state index contributed by atoms with van der Waals surface area (Å²) in [6.45, 7) is 4.37. The van der Waals surface area contributed by atoms with Gasteiger partial charge in [-0.2, -0.15) is 5.26 Å². The molecule has 0 fully saturated rings. The Morgan fingerprint density at radius 3 is 2.46 bits per heavy atom. The zero-order valence-electron chi connectivity index (χ0n) is 23.2. The molecule has 1 unspecified atom stereocenters. The maximum absolute atomic E-state index is 13.8. The Hall–Kier alpha value is -4.52. The Labute approximate surface area is 243 Å². The van der Waals surface area contributed by atoms with Crippen LogP contribution in [0.25, 0.3) is 11.1 Å². The zero-order chi connectivity index (χ0) is 29.5. The predicted molar refractivity (Wildman–Crippen MR) is 160 cm³/mol. The molecule has 0 radical (unpaired) electrons. The number of carbonyl (C=O) groups is 1. The molecule has 210 valence electrons. The fraction of sp³-hybridized carbons (Fsp3) is 0.219. The monoisotopic (exact) mass is 568 g/mol. The number of pyridine rings is 1. The lowest BCUT2D eigenvalue weighted by Crippen LogP contribution is -2.20. The standard InChI is InChI=1S/C32H32N4O4S/c1-4-6-14-27-28(36(5-2)23-11-9-10-21(19-23)20-33)29(37)30(32(39)35-27)41(40)24-17-15-22(16-18-24)25-12-7-8-13-26(25)31(38)34-3/h7-13,15-19H,4-6,14H2,1-3H3,(H,34,38)(H2,35,37,39). The Kier molecular flexibility index (Phi) is 9.50. The molecule has 3 aromatic carbocycles. The molecule has 0 aliphatic heterocycles. The molecule has 4 rings (SSSR count). The van der Waals surface area contributed by atoms with Crippen LogP contribution in [-0.2, 0) is 17.6 Å². The van der Waals surface area contributed by atoms with Crippen molar-refractivity contribution in [1.82, 2.24) is 10.3 Å². The predicted octanol–water partition coefficient (Wildman–Crippen LogP) is 6.06. The third-order valence-corrected chi connectivity index (χ3v) is 8.21. The Balaban J connectivity index is 1.79. The molecule has 41 heavy (non-hydrogen) atoms. The van der Waals surface area contributed by atoms with E-state index >= 15 is 0 Å². The molecule has 0 saturated carbocycles. The largest absolute Gasteiger partial charge is 0.606 e. The van der Waals surface area contributed by atoms with Gasteiger partial charge in [0.25, 0.3) is 16.7 Å². The lowest BCUT2D eigenvalue weighted by Gasteiger charge is -2.27. The minimum absolute atomic E-state index is 0.186. The van der Waals surface area contributed by atoms with Crippen LogP contribution in [0.1, 0.15) is 48.3 Å². The number of aryl methyl sites for hydroxylation is 1. The maximum Gasteiger partial charge on any atom is 0.273 e. The number of hydrogen-bond acceptors (Lipinski definition) is 7. The summed E-state index contributed by atoms with van der Waals surface area (Å²) in [5.41, 5.74) is 3.95. The van der Waals surface area contributed by atoms with E-state index in [2.05, 4.69) is 16.4 Å². The van der Waals surface area contributed by atoms with E-state index in [1.807, 2.05) is 36.9 Å². The number of anilines is 2. The van der Waals surface area contributed by atoms with Crippen molar-refractivity contribution in [3.05, 3.63) is 89.6 Å². The number of unbranched alkanes of at least 4 members (excludes halogenated alkanes) is 1. The summed E-state index contributed by atoms with van der Waals surface area (Å²) in [6.07, 6.45) is 2.14. The number of nitrogens with zero attached hydrogens (tertiary/aromatic N) is 3. The van der Waals surface area contributed by atoms with Gasteiger partial charge in [0.15, 0.2) is 4.90 Å². The maximum atomic E-state index is 13.8. The van der Waals surface area contributed by atoms with Crippen LogP contribution in [0.3, 0.4) is 0 Å². The van der Waals surface area contributed by atoms with E-state index in [1.54, 1.807) is 61.6 Å². The van der Waals surface area contributed by atoms with Gasteiger partial charge in [0.05, 0.1) is 17.3 Å². The van der Waals surface area contributed by atoms with Gasteiger partial charge in [-0.25, -0.2) is 4.98 Å². The van der Waals surface area contributed by atoms with Crippen LogP contribution in [0.2, 0.25) is 0 Å². The van der Waals surface area contributed by atoms with Crippen LogP contribution >= 0.6 is 0 Å². The minimum Gasteiger partial charge on any atom is -0.606 e. The van der Waals surface area contributed by atoms with Crippen LogP contribution in [0.15, 0.2) is 82.6 Å². The summed E-state index contributed by atoms with van der Waals surface area (Å²) in [5.74, 6) is -1.03. The van der Waals surface area contributed by atoms with Crippen molar-refractivity contribution in [3.63, 3.8) is 0 Å². The summed E-state index contributed by atoms with van der Waals surface area (Å²) in [7, 11) is 1.57. The number of aromatic nitrogens is 1. The normalized spacial score (nSPS) is 11.5. The van der Waals surface area contributed by atoms with Crippen molar-refractivity contribution in [3.8, 4) is 28.8 Å². The third kappa shape index (κ3) is 6.14. The number of nitrogens with one attached hydrogen (secondary N) is 1. The molecule has 9 heteroatoms. The second-order valence-electron chi connectivity index (χ2n) is 9.34. The SMILES string of the molecule is CCCCc1nc(O)c([S+]([O-])c2ccc(-c3ccccc3C(=O)NC)cc2)c(O)c1N(CC)c1cccc(C#N)c1. The van der Waals surface area contributed by atoms with Crippen molar-refractivity contribution >= 4 is 28.5 Å². The second kappa shape index (κ2) is 13.2. The number of carbonyl (C=O) groups excluding carboxylic acids is 1. The number of nitriles is 1. The topological polar surface area (TPSA) is 133 Å². The molecule has 0 bridgehead atoms. The molecule has 0 saturated heterocycles. The van der Waals surface area contributed by atoms with Crippen molar-refractivity contribution in [1.29, 1.82) is 5.26 Å². The van der Waals surface area contributed by atoms with Crippen LogP contribution in [-0.4, -0.2) is 39.2 Å². The molecule has 0 aliphatic carbocycles. The minimum atomic E-state index is -1.98. The van der Waals surface area contributed by atoms with Gasteiger partial charge in [-0.05, 0) is 79.4 Å². The molecule has 0 aliphatic rings. The number of rotatable bonds is 10. The molecule has 1 atom stereocenters. The average Bonchev–Trinajstić information content (AvgIpc) is 3.01. The molecule has 1 aromatic heterocycles. The Morgan fingerprint density at radius 1 is 1.07 bits per heavy atom. The molecular weight excluding hydrogens is 536 g/mol. The number of hydrogen-bond donors (Lipinski definition) is 3. The molecule has 0 spiro atoms. The molecule has 4 aromatic rings. The van der Waals surface area contributed by atoms with Gasteiger partial charge in [-0.15, -0.1) is 0 Å². The fourth-order valence-corrected chi connectivity index (χ4v) is 5.81. The molecular formula is C32H32N4O4S. The lowest BCUT2D eigenvalue weighted by molar-refractivity contribution is 0.0963. The number of benzene rings is 3. The van der Waals surface area contributed by atoms with Crippen molar-refractivity contribution < 1.29 is 19.6 Å². The van der Waals surface area contributed by atoms with Gasteiger partial charge in [0.2, 0.25) is 5.75 Å². The quantitative estimate of drug-likeness (QED) is 0.198. The summed E-state index contributed by atoms with van der Waals surface area (Å²) in [6, 6.07) is 23.1. The highest BCUT2D eigenvalue weighted by molar-refractivity contribution is 7.91. The first-order valence-electron chi connectivity index (χ1n) is 13.4. The fourth-order valence-electron chi connectivity index (χ4n) is 4.71. The van der Waals surface area contributed by atoms with Gasteiger partial charge >= 0.3 is 0 Å². The van der Waals surface area contributed by atoms with E-state index < -0.39 is 17.1 Å². The average molecular weight is 569 g/mol. The molecule has 1 amide bonds. The van der Waals surface area contributed by atoms with E-state index in [-0.39, 0.29) is 16.6 Å². The highest BCUT2D eigenvalue weighted by atomic mass is 32.2. The number of aromatic hydroxyl groups is 2. The highest BCUT2D eigenvalue weighted by Crippen LogP contribution is 2.45. The molecule has 8 nitrogen and oxygen atoms in total. The first-order valence-corrected chi connectivity index (χ1v) is 14.5. The van der Waals surface area contributed by atoms with Crippen molar-refractivity contribution in [2.75, 3.05) is 18.5 Å². The van der Waals surface area contributed by atoms with Gasteiger partial charge in [0, 0.05) is 36.0 Å². The first kappa shape index (κ1) is 29.5. The first-order chi connectivity index (χ1) is 19.8. The van der Waals surface area contributed by atoms with Crippen LogP contribution < -0.4 is 10.2 Å². The van der Waals surface area contributed by atoms with E-state index in [4.69, 9.17) is 0 Å². The van der Waals surface area contributed by atoms with Crippen LogP contribution in [0.5, 0.6) is 11.6 Å². The summed E-state index contributed by atoms with van der Waals surface area (Å²) >= 11 is -1.98. The zero-order valence-corrected chi connectivity index (χ0v) is 24.0. The van der Waals surface area contributed by atoms with E-state index in [0.717, 1.165) is 24.0 Å². The lowest BCUT2D eigenvalue weighted by atomic mass is 9.99.